The molecule has 0 spiro atoms. The van der Waals surface area contributed by atoms with Crippen LogP contribution in [0, 0.1) is 0 Å². The molecule has 33 heavy (non-hydrogen) atoms. The van der Waals surface area contributed by atoms with Crippen molar-refractivity contribution < 1.29 is 24.1 Å². The van der Waals surface area contributed by atoms with Gasteiger partial charge in [0.15, 0.2) is 6.29 Å². The smallest absolute Gasteiger partial charge is 0.184 e. The molecule has 0 radical (unpaired) electrons. The SMILES string of the molecule is O[C@H]1OC(COCc2ccccc2)[C@@H](S)C(OCc2ccccc2)C1OCc1ccccc1. The highest BCUT2D eigenvalue weighted by Gasteiger charge is 2.45. The molecule has 1 aliphatic rings. The van der Waals surface area contributed by atoms with Crippen LogP contribution in [0.1, 0.15) is 16.7 Å². The predicted octanol–water partition coefficient (Wildman–Crippen LogP) is 4.39. The number of aliphatic hydroxyl groups is 1. The maximum atomic E-state index is 10.8. The Labute approximate surface area is 200 Å². The van der Waals surface area contributed by atoms with Gasteiger partial charge in [-0.25, -0.2) is 0 Å². The molecule has 1 aliphatic heterocycles. The van der Waals surface area contributed by atoms with Crippen LogP contribution in [0.4, 0.5) is 0 Å². The zero-order valence-corrected chi connectivity index (χ0v) is 19.3. The van der Waals surface area contributed by atoms with E-state index in [1.807, 2.05) is 91.0 Å². The van der Waals surface area contributed by atoms with Crippen LogP contribution in [0.2, 0.25) is 0 Å². The van der Waals surface area contributed by atoms with E-state index in [9.17, 15) is 5.11 Å². The molecule has 5 atom stereocenters. The molecule has 1 saturated heterocycles. The van der Waals surface area contributed by atoms with Gasteiger partial charge in [0, 0.05) is 0 Å². The van der Waals surface area contributed by atoms with E-state index in [-0.39, 0.29) is 11.9 Å². The summed E-state index contributed by atoms with van der Waals surface area (Å²) in [6.07, 6.45) is -2.75. The Hall–Kier alpha value is -2.19. The Bertz CT molecular complexity index is 941. The highest BCUT2D eigenvalue weighted by atomic mass is 32.1. The van der Waals surface area contributed by atoms with Gasteiger partial charge >= 0.3 is 0 Å². The Kier molecular flexibility index (Phi) is 8.94. The molecule has 1 N–H and O–H groups in total. The van der Waals surface area contributed by atoms with Gasteiger partial charge in [0.05, 0.1) is 37.8 Å². The first kappa shape index (κ1) is 24.0. The Morgan fingerprint density at radius 3 is 1.64 bits per heavy atom. The summed E-state index contributed by atoms with van der Waals surface area (Å²) < 4.78 is 24.1. The Balaban J connectivity index is 1.41. The van der Waals surface area contributed by atoms with Crippen molar-refractivity contribution in [2.75, 3.05) is 6.61 Å². The quantitative estimate of drug-likeness (QED) is 0.434. The van der Waals surface area contributed by atoms with Crippen molar-refractivity contribution in [1.82, 2.24) is 0 Å². The lowest BCUT2D eigenvalue weighted by Crippen LogP contribution is -2.58. The van der Waals surface area contributed by atoms with E-state index >= 15 is 0 Å². The summed E-state index contributed by atoms with van der Waals surface area (Å²) in [5.41, 5.74) is 3.12. The van der Waals surface area contributed by atoms with E-state index in [0.717, 1.165) is 16.7 Å². The highest BCUT2D eigenvalue weighted by molar-refractivity contribution is 7.81. The minimum absolute atomic E-state index is 0.288. The number of hydrogen-bond acceptors (Lipinski definition) is 6. The first-order valence-electron chi connectivity index (χ1n) is 11.1. The monoisotopic (exact) mass is 466 g/mol. The second-order valence-corrected chi connectivity index (χ2v) is 8.68. The molecule has 1 fully saturated rings. The van der Waals surface area contributed by atoms with Gasteiger partial charge in [0.2, 0.25) is 0 Å². The van der Waals surface area contributed by atoms with Crippen LogP contribution >= 0.6 is 12.6 Å². The van der Waals surface area contributed by atoms with Crippen molar-refractivity contribution in [3.8, 4) is 0 Å². The zero-order chi connectivity index (χ0) is 22.9. The fraction of sp³-hybridized carbons (Fsp3) is 0.333. The summed E-state index contributed by atoms with van der Waals surface area (Å²) in [6.45, 7) is 1.47. The molecule has 0 aromatic heterocycles. The predicted molar refractivity (Wildman–Crippen MR) is 130 cm³/mol. The van der Waals surface area contributed by atoms with Gasteiger partial charge in [-0.3, -0.25) is 0 Å². The first-order chi connectivity index (χ1) is 16.2. The van der Waals surface area contributed by atoms with E-state index in [1.165, 1.54) is 0 Å². The molecule has 6 heteroatoms. The minimum atomic E-state index is -1.15. The van der Waals surface area contributed by atoms with Crippen LogP contribution in [0.3, 0.4) is 0 Å². The fourth-order valence-corrected chi connectivity index (χ4v) is 4.23. The molecule has 4 rings (SSSR count). The lowest BCUT2D eigenvalue weighted by Gasteiger charge is -2.43. The molecule has 0 amide bonds. The molecule has 0 saturated carbocycles. The molecule has 3 aromatic carbocycles. The molecule has 174 valence electrons. The molecule has 3 aromatic rings. The number of rotatable bonds is 10. The normalized spacial score (nSPS) is 25.1. The summed E-state index contributed by atoms with van der Waals surface area (Å²) >= 11 is 4.82. The zero-order valence-electron chi connectivity index (χ0n) is 18.4. The van der Waals surface area contributed by atoms with Crippen LogP contribution in [0.5, 0.6) is 0 Å². The lowest BCUT2D eigenvalue weighted by atomic mass is 10.0. The fourth-order valence-electron chi connectivity index (χ4n) is 3.81. The molecule has 1 heterocycles. The number of thiol groups is 1. The number of ether oxygens (including phenoxy) is 4. The summed E-state index contributed by atoms with van der Waals surface area (Å²) in [6, 6.07) is 29.7. The average Bonchev–Trinajstić information content (AvgIpc) is 2.86. The largest absolute Gasteiger partial charge is 0.374 e. The van der Waals surface area contributed by atoms with Crippen molar-refractivity contribution in [3.05, 3.63) is 108 Å². The second-order valence-electron chi connectivity index (χ2n) is 8.08. The van der Waals surface area contributed by atoms with Crippen molar-refractivity contribution in [2.24, 2.45) is 0 Å². The van der Waals surface area contributed by atoms with E-state index in [1.54, 1.807) is 0 Å². The van der Waals surface area contributed by atoms with Gasteiger partial charge in [0.1, 0.15) is 12.2 Å². The molecule has 5 nitrogen and oxygen atoms in total. The molecule has 3 unspecified atom stereocenters. The first-order valence-corrected chi connectivity index (χ1v) is 11.7. The molecule has 0 bridgehead atoms. The summed E-state index contributed by atoms with van der Waals surface area (Å²) in [7, 11) is 0. The van der Waals surface area contributed by atoms with E-state index in [4.69, 9.17) is 31.6 Å². The lowest BCUT2D eigenvalue weighted by molar-refractivity contribution is -0.274. The average molecular weight is 467 g/mol. The van der Waals surface area contributed by atoms with Gasteiger partial charge in [-0.05, 0) is 16.7 Å². The molecule has 0 aliphatic carbocycles. The topological polar surface area (TPSA) is 57.2 Å². The van der Waals surface area contributed by atoms with Crippen LogP contribution in [-0.2, 0) is 38.8 Å². The van der Waals surface area contributed by atoms with Gasteiger partial charge in [0.25, 0.3) is 0 Å². The van der Waals surface area contributed by atoms with Crippen molar-refractivity contribution >= 4 is 12.6 Å². The van der Waals surface area contributed by atoms with Crippen molar-refractivity contribution in [2.45, 2.75) is 49.7 Å². The third kappa shape index (κ3) is 6.90. The van der Waals surface area contributed by atoms with Crippen molar-refractivity contribution in [3.63, 3.8) is 0 Å². The molecular weight excluding hydrogens is 436 g/mol. The number of hydrogen-bond donors (Lipinski definition) is 2. The Morgan fingerprint density at radius 2 is 1.12 bits per heavy atom. The summed E-state index contributed by atoms with van der Waals surface area (Å²) in [5, 5.41) is 10.5. The van der Waals surface area contributed by atoms with E-state index < -0.39 is 24.6 Å². The minimum Gasteiger partial charge on any atom is -0.374 e. The standard InChI is InChI=1S/C27H30O5S/c28-27-25(31-18-22-14-8-3-9-15-22)24(30-17-21-12-6-2-7-13-21)26(33)23(32-27)19-29-16-20-10-4-1-5-11-20/h1-15,23-28,33H,16-19H2/t23?,24?,25?,26-,27+/m1/s1. The van der Waals surface area contributed by atoms with Crippen LogP contribution < -0.4 is 0 Å². The maximum absolute atomic E-state index is 10.8. The van der Waals surface area contributed by atoms with Crippen LogP contribution in [0.25, 0.3) is 0 Å². The number of aliphatic hydroxyl groups excluding tert-OH is 1. The van der Waals surface area contributed by atoms with E-state index in [0.29, 0.717) is 19.8 Å². The van der Waals surface area contributed by atoms with Gasteiger partial charge in [-0.1, -0.05) is 91.0 Å². The maximum Gasteiger partial charge on any atom is 0.184 e. The van der Waals surface area contributed by atoms with Gasteiger partial charge in [-0.2, -0.15) is 12.6 Å². The Morgan fingerprint density at radius 1 is 0.667 bits per heavy atom. The highest BCUT2D eigenvalue weighted by Crippen LogP contribution is 2.30. The summed E-state index contributed by atoms with van der Waals surface area (Å²) in [5.74, 6) is 0. The number of benzene rings is 3. The van der Waals surface area contributed by atoms with Gasteiger partial charge in [-0.15, -0.1) is 0 Å². The second kappa shape index (κ2) is 12.3. The van der Waals surface area contributed by atoms with Gasteiger partial charge < -0.3 is 24.1 Å². The summed E-state index contributed by atoms with van der Waals surface area (Å²) in [4.78, 5) is 0. The van der Waals surface area contributed by atoms with Crippen LogP contribution in [-0.4, -0.2) is 41.6 Å². The van der Waals surface area contributed by atoms with Crippen molar-refractivity contribution in [1.29, 1.82) is 0 Å². The van der Waals surface area contributed by atoms with Crippen LogP contribution in [0.15, 0.2) is 91.0 Å². The third-order valence-corrected chi connectivity index (χ3v) is 6.23. The molecular formula is C27H30O5S. The third-order valence-electron chi connectivity index (χ3n) is 5.60. The van der Waals surface area contributed by atoms with E-state index in [2.05, 4.69) is 0 Å².